The number of ether oxygens (including phenoxy) is 2. The van der Waals surface area contributed by atoms with Gasteiger partial charge in [-0.25, -0.2) is 14.4 Å². The maximum Gasteiger partial charge on any atom is 0.407 e. The SMILES string of the molecule is C=CCOC(=O)NC[C@@H](CC1=C(C(=O)O)N2C(=O)[C@@H]([C@@H](CO[SiH](C)C)C(C)(C)C)[C@H]2C1)NC(=O)OCC=C. The van der Waals surface area contributed by atoms with Gasteiger partial charge in [-0.2, -0.15) is 0 Å². The molecule has 1 fully saturated rings. The lowest BCUT2D eigenvalue weighted by molar-refractivity contribution is -0.162. The first-order chi connectivity index (χ1) is 17.8. The van der Waals surface area contributed by atoms with Gasteiger partial charge in [0.05, 0.1) is 18.0 Å². The summed E-state index contributed by atoms with van der Waals surface area (Å²) in [6.07, 6.45) is 1.82. The Morgan fingerprint density at radius 2 is 1.76 bits per heavy atom. The van der Waals surface area contributed by atoms with Gasteiger partial charge in [0.2, 0.25) is 5.91 Å². The maximum absolute atomic E-state index is 13.3. The second kappa shape index (κ2) is 13.6. The van der Waals surface area contributed by atoms with Crippen LogP contribution in [0.2, 0.25) is 13.1 Å². The molecule has 3 N–H and O–H groups in total. The summed E-state index contributed by atoms with van der Waals surface area (Å²) in [4.78, 5) is 51.2. The van der Waals surface area contributed by atoms with Crippen LogP contribution in [0.1, 0.15) is 33.6 Å². The molecule has 0 aromatic carbocycles. The molecule has 2 rings (SSSR count). The number of hydrogen-bond donors (Lipinski definition) is 3. The summed E-state index contributed by atoms with van der Waals surface area (Å²) < 4.78 is 15.9. The molecule has 0 saturated carbocycles. The second-order valence-electron chi connectivity index (χ2n) is 10.8. The van der Waals surface area contributed by atoms with Crippen molar-refractivity contribution in [1.82, 2.24) is 15.5 Å². The number of amides is 3. The zero-order chi connectivity index (χ0) is 28.6. The van der Waals surface area contributed by atoms with E-state index in [1.807, 2.05) is 0 Å². The number of carboxylic acid groups (broad SMARTS) is 1. The van der Waals surface area contributed by atoms with Crippen LogP contribution in [-0.2, 0) is 23.5 Å². The highest BCUT2D eigenvalue weighted by atomic mass is 28.3. The van der Waals surface area contributed by atoms with E-state index in [2.05, 4.69) is 57.7 Å². The number of hydrogen-bond acceptors (Lipinski definition) is 7. The van der Waals surface area contributed by atoms with Crippen LogP contribution >= 0.6 is 0 Å². The van der Waals surface area contributed by atoms with E-state index in [0.717, 1.165) is 0 Å². The molecule has 38 heavy (non-hydrogen) atoms. The first kappa shape index (κ1) is 31.1. The Bertz CT molecular complexity index is 959. The van der Waals surface area contributed by atoms with Crippen LogP contribution in [0.5, 0.6) is 0 Å². The number of fused-ring (bicyclic) bond motifs is 1. The number of carboxylic acids is 1. The third-order valence-electron chi connectivity index (χ3n) is 6.63. The molecule has 0 aromatic rings. The Kier molecular flexibility index (Phi) is 11.1. The highest BCUT2D eigenvalue weighted by molar-refractivity contribution is 6.48. The van der Waals surface area contributed by atoms with E-state index in [0.29, 0.717) is 18.6 Å². The highest BCUT2D eigenvalue weighted by Crippen LogP contribution is 2.50. The largest absolute Gasteiger partial charge is 0.477 e. The van der Waals surface area contributed by atoms with Gasteiger partial charge in [-0.3, -0.25) is 4.79 Å². The Labute approximate surface area is 226 Å². The summed E-state index contributed by atoms with van der Waals surface area (Å²) in [6.45, 7) is 17.7. The third kappa shape index (κ3) is 7.94. The molecule has 0 aromatic heterocycles. The normalized spacial score (nSPS) is 20.3. The summed E-state index contributed by atoms with van der Waals surface area (Å²) >= 11 is 0. The van der Waals surface area contributed by atoms with Crippen LogP contribution in [-0.4, -0.2) is 81.6 Å². The van der Waals surface area contributed by atoms with Crippen molar-refractivity contribution in [2.24, 2.45) is 17.3 Å². The van der Waals surface area contributed by atoms with Crippen LogP contribution in [0.3, 0.4) is 0 Å². The molecule has 1 saturated heterocycles. The van der Waals surface area contributed by atoms with Gasteiger partial charge >= 0.3 is 18.2 Å². The minimum absolute atomic E-state index is 0.0116. The highest BCUT2D eigenvalue weighted by Gasteiger charge is 2.59. The number of carbonyl (C=O) groups excluding carboxylic acids is 3. The Balaban J connectivity index is 2.25. The number of carbonyl (C=O) groups is 4. The van der Waals surface area contributed by atoms with Gasteiger partial charge in [0.25, 0.3) is 0 Å². The topological polar surface area (TPSA) is 144 Å². The monoisotopic (exact) mass is 551 g/mol. The van der Waals surface area contributed by atoms with Crippen molar-refractivity contribution >= 4 is 33.1 Å². The summed E-state index contributed by atoms with van der Waals surface area (Å²) in [7, 11) is -1.32. The minimum atomic E-state index is -1.32. The van der Waals surface area contributed by atoms with Gasteiger partial charge in [0, 0.05) is 13.2 Å². The third-order valence-corrected chi connectivity index (χ3v) is 7.49. The van der Waals surface area contributed by atoms with Gasteiger partial charge in [0.1, 0.15) is 18.9 Å². The standard InChI is InChI=1S/C26H41N3O8Si/c1-8-10-35-24(33)27-14-17(28-25(34)36-11-9-2)12-16-13-19-20(22(30)29(19)21(16)23(31)32)18(26(3,4)5)15-37-38(6)7/h8-9,17-20,38H,1-2,10-15H2,3-7H3,(H,27,33)(H,28,34)(H,31,32)/t17-,18-,19-,20+/m1/s1. The van der Waals surface area contributed by atoms with Gasteiger partial charge in [-0.15, -0.1) is 0 Å². The lowest BCUT2D eigenvalue weighted by Gasteiger charge is -2.50. The predicted octanol–water partition coefficient (Wildman–Crippen LogP) is 2.80. The molecule has 2 aliphatic heterocycles. The number of nitrogens with zero attached hydrogens (tertiary/aromatic N) is 1. The number of rotatable bonds is 14. The molecule has 11 nitrogen and oxygen atoms in total. The first-order valence-corrected chi connectivity index (χ1v) is 15.6. The molecule has 0 spiro atoms. The summed E-state index contributed by atoms with van der Waals surface area (Å²) in [5.74, 6) is -1.88. The van der Waals surface area contributed by atoms with Crippen LogP contribution < -0.4 is 10.6 Å². The van der Waals surface area contributed by atoms with Crippen molar-refractivity contribution in [3.8, 4) is 0 Å². The molecule has 3 amide bonds. The van der Waals surface area contributed by atoms with Gasteiger partial charge in [0.15, 0.2) is 9.04 Å². The maximum atomic E-state index is 13.3. The molecule has 0 unspecified atom stereocenters. The fourth-order valence-electron chi connectivity index (χ4n) is 4.85. The van der Waals surface area contributed by atoms with Gasteiger partial charge in [-0.1, -0.05) is 46.1 Å². The van der Waals surface area contributed by atoms with Crippen molar-refractivity contribution in [3.05, 3.63) is 36.6 Å². The average Bonchev–Trinajstić information content (AvgIpc) is 3.16. The Morgan fingerprint density at radius 3 is 2.29 bits per heavy atom. The zero-order valence-corrected chi connectivity index (χ0v) is 24.1. The van der Waals surface area contributed by atoms with E-state index in [-0.39, 0.29) is 61.1 Å². The minimum Gasteiger partial charge on any atom is -0.477 e. The Morgan fingerprint density at radius 1 is 1.16 bits per heavy atom. The van der Waals surface area contributed by atoms with Crippen LogP contribution in [0.4, 0.5) is 9.59 Å². The van der Waals surface area contributed by atoms with Crippen LogP contribution in [0.25, 0.3) is 0 Å². The molecular formula is C26H41N3O8Si. The van der Waals surface area contributed by atoms with Gasteiger partial charge in [-0.05, 0) is 42.8 Å². The summed E-state index contributed by atoms with van der Waals surface area (Å²) in [5.41, 5.74) is 0.223. The van der Waals surface area contributed by atoms with Gasteiger partial charge < -0.3 is 34.5 Å². The molecule has 2 heterocycles. The smallest absolute Gasteiger partial charge is 0.407 e. The van der Waals surface area contributed by atoms with E-state index in [4.69, 9.17) is 13.9 Å². The molecule has 212 valence electrons. The quantitative estimate of drug-likeness (QED) is 0.170. The average molecular weight is 552 g/mol. The van der Waals surface area contributed by atoms with E-state index < -0.39 is 33.2 Å². The van der Waals surface area contributed by atoms with E-state index >= 15 is 0 Å². The zero-order valence-electron chi connectivity index (χ0n) is 23.0. The number of aliphatic carboxylic acids is 1. The van der Waals surface area contributed by atoms with Crippen molar-refractivity contribution in [2.75, 3.05) is 26.4 Å². The summed E-state index contributed by atoms with van der Waals surface area (Å²) in [5, 5.41) is 15.2. The lowest BCUT2D eigenvalue weighted by atomic mass is 9.66. The van der Waals surface area contributed by atoms with Crippen molar-refractivity contribution in [1.29, 1.82) is 0 Å². The fourth-order valence-corrected chi connectivity index (χ4v) is 5.44. The molecule has 2 aliphatic rings. The second-order valence-corrected chi connectivity index (χ2v) is 13.2. The van der Waals surface area contributed by atoms with E-state index in [1.165, 1.54) is 17.1 Å². The van der Waals surface area contributed by atoms with Crippen molar-refractivity contribution in [2.45, 2.75) is 58.8 Å². The van der Waals surface area contributed by atoms with Crippen molar-refractivity contribution < 1.29 is 38.2 Å². The molecule has 12 heteroatoms. The molecule has 0 radical (unpaired) electrons. The predicted molar refractivity (Wildman–Crippen MR) is 144 cm³/mol. The molecule has 0 bridgehead atoms. The Hall–Kier alpha value is -3.12. The van der Waals surface area contributed by atoms with E-state index in [9.17, 15) is 24.3 Å². The van der Waals surface area contributed by atoms with Crippen molar-refractivity contribution in [3.63, 3.8) is 0 Å². The molecule has 0 aliphatic carbocycles. The van der Waals surface area contributed by atoms with Crippen LogP contribution in [0.15, 0.2) is 36.6 Å². The van der Waals surface area contributed by atoms with Crippen LogP contribution in [0, 0.1) is 17.3 Å². The molecule has 4 atom stereocenters. The fraction of sp³-hybridized carbons (Fsp3) is 0.615. The number of alkyl carbamates (subject to hydrolysis) is 2. The van der Waals surface area contributed by atoms with E-state index in [1.54, 1.807) is 0 Å². The summed E-state index contributed by atoms with van der Waals surface area (Å²) in [6, 6.07) is -1.02. The lowest BCUT2D eigenvalue weighted by Crippen LogP contribution is -2.63. The molecular weight excluding hydrogens is 510 g/mol. The number of nitrogens with one attached hydrogen (secondary N) is 2. The first-order valence-electron chi connectivity index (χ1n) is 12.8. The number of β-lactam (4-membered cyclic amide) rings is 1.